The summed E-state index contributed by atoms with van der Waals surface area (Å²) in [5, 5.41) is 10.6. The second kappa shape index (κ2) is 5.67. The maximum absolute atomic E-state index is 9.69. The molecule has 0 saturated carbocycles. The van der Waals surface area contributed by atoms with Crippen LogP contribution in [0.25, 0.3) is 0 Å². The van der Waals surface area contributed by atoms with Gasteiger partial charge in [-0.25, -0.2) is 4.98 Å². The molecule has 0 saturated heterocycles. The van der Waals surface area contributed by atoms with Gasteiger partial charge in [0.15, 0.2) is 0 Å². The predicted octanol–water partition coefficient (Wildman–Crippen LogP) is 4.05. The largest absolute Gasteiger partial charge is 0.389 e. The molecule has 0 amide bonds. The van der Waals surface area contributed by atoms with E-state index in [1.807, 2.05) is 36.4 Å². The lowest BCUT2D eigenvalue weighted by Crippen LogP contribution is -1.93. The molecule has 0 radical (unpaired) electrons. The summed E-state index contributed by atoms with van der Waals surface area (Å²) in [4.78, 5) is 5.35. The molecule has 0 bridgehead atoms. The van der Waals surface area contributed by atoms with Gasteiger partial charge in [0, 0.05) is 15.6 Å². The second-order valence-corrected chi connectivity index (χ2v) is 5.61. The van der Waals surface area contributed by atoms with Gasteiger partial charge in [0.1, 0.15) is 5.03 Å². The number of hydrogen-bond donors (Lipinski definition) is 1. The van der Waals surface area contributed by atoms with Crippen molar-refractivity contribution in [1.29, 1.82) is 0 Å². The molecule has 0 spiro atoms. The van der Waals surface area contributed by atoms with Crippen molar-refractivity contribution in [3.8, 4) is 0 Å². The Bertz CT molecular complexity index is 499. The average molecular weight is 310 g/mol. The van der Waals surface area contributed by atoms with Gasteiger partial charge in [0.2, 0.25) is 0 Å². The summed E-state index contributed by atoms with van der Waals surface area (Å²) in [5.41, 5.74) is 0.933. The van der Waals surface area contributed by atoms with Gasteiger partial charge in [0.25, 0.3) is 0 Å². The zero-order valence-corrected chi connectivity index (χ0v) is 11.7. The SMILES string of the molecule is C[C@H](O)c1ccccc1Sc1ccc(Br)cn1. The predicted molar refractivity (Wildman–Crippen MR) is 73.1 cm³/mol. The molecule has 88 valence electrons. The van der Waals surface area contributed by atoms with Crippen molar-refractivity contribution < 1.29 is 5.11 Å². The van der Waals surface area contributed by atoms with Gasteiger partial charge in [0.05, 0.1) is 6.10 Å². The van der Waals surface area contributed by atoms with Crippen LogP contribution in [0.2, 0.25) is 0 Å². The number of aliphatic hydroxyl groups excluding tert-OH is 1. The molecule has 0 fully saturated rings. The smallest absolute Gasteiger partial charge is 0.101 e. The van der Waals surface area contributed by atoms with E-state index in [4.69, 9.17) is 0 Å². The maximum atomic E-state index is 9.69. The summed E-state index contributed by atoms with van der Waals surface area (Å²) < 4.78 is 0.964. The van der Waals surface area contributed by atoms with Gasteiger partial charge in [-0.1, -0.05) is 30.0 Å². The summed E-state index contributed by atoms with van der Waals surface area (Å²) >= 11 is 4.92. The van der Waals surface area contributed by atoms with Gasteiger partial charge in [-0.05, 0) is 46.6 Å². The van der Waals surface area contributed by atoms with Crippen molar-refractivity contribution in [1.82, 2.24) is 4.98 Å². The number of hydrogen-bond acceptors (Lipinski definition) is 3. The van der Waals surface area contributed by atoms with Crippen molar-refractivity contribution in [3.05, 3.63) is 52.6 Å². The third-order valence-corrected chi connectivity index (χ3v) is 3.80. The van der Waals surface area contributed by atoms with Crippen LogP contribution in [0.5, 0.6) is 0 Å². The molecule has 2 aromatic rings. The number of aromatic nitrogens is 1. The molecule has 0 aliphatic rings. The number of aliphatic hydroxyl groups is 1. The molecule has 1 heterocycles. The zero-order chi connectivity index (χ0) is 12.3. The number of pyridine rings is 1. The van der Waals surface area contributed by atoms with Crippen LogP contribution < -0.4 is 0 Å². The molecular weight excluding hydrogens is 298 g/mol. The topological polar surface area (TPSA) is 33.1 Å². The third-order valence-electron chi connectivity index (χ3n) is 2.28. The summed E-state index contributed by atoms with van der Waals surface area (Å²) in [6.07, 6.45) is 1.31. The van der Waals surface area contributed by atoms with Gasteiger partial charge < -0.3 is 5.11 Å². The Morgan fingerprint density at radius 1 is 1.24 bits per heavy atom. The van der Waals surface area contributed by atoms with E-state index in [-0.39, 0.29) is 0 Å². The Labute approximate surface area is 113 Å². The minimum atomic E-state index is -0.464. The van der Waals surface area contributed by atoms with Crippen molar-refractivity contribution >= 4 is 27.7 Å². The number of halogens is 1. The van der Waals surface area contributed by atoms with Crippen LogP contribution in [-0.4, -0.2) is 10.1 Å². The van der Waals surface area contributed by atoms with Gasteiger partial charge in [-0.15, -0.1) is 0 Å². The fourth-order valence-electron chi connectivity index (χ4n) is 1.45. The minimum Gasteiger partial charge on any atom is -0.389 e. The van der Waals surface area contributed by atoms with Crippen LogP contribution >= 0.6 is 27.7 Å². The first-order valence-corrected chi connectivity index (χ1v) is 6.84. The van der Waals surface area contributed by atoms with Crippen molar-refractivity contribution in [2.24, 2.45) is 0 Å². The Morgan fingerprint density at radius 2 is 2.00 bits per heavy atom. The van der Waals surface area contributed by atoms with Gasteiger partial charge in [-0.3, -0.25) is 0 Å². The lowest BCUT2D eigenvalue weighted by Gasteiger charge is -2.10. The number of rotatable bonds is 3. The first-order valence-electron chi connectivity index (χ1n) is 5.23. The van der Waals surface area contributed by atoms with E-state index in [1.165, 1.54) is 0 Å². The molecule has 2 nitrogen and oxygen atoms in total. The third kappa shape index (κ3) is 3.31. The molecule has 4 heteroatoms. The molecule has 0 aliphatic heterocycles. The quantitative estimate of drug-likeness (QED) is 0.928. The average Bonchev–Trinajstić information content (AvgIpc) is 2.32. The standard InChI is InChI=1S/C13H12BrNOS/c1-9(16)11-4-2-3-5-12(11)17-13-7-6-10(14)8-15-13/h2-9,16H,1H3/t9-/m0/s1. The fourth-order valence-corrected chi connectivity index (χ4v) is 2.66. The summed E-state index contributed by atoms with van der Waals surface area (Å²) in [5.74, 6) is 0. The monoisotopic (exact) mass is 309 g/mol. The highest BCUT2D eigenvalue weighted by molar-refractivity contribution is 9.10. The molecule has 17 heavy (non-hydrogen) atoms. The van der Waals surface area contributed by atoms with Crippen LogP contribution in [0.1, 0.15) is 18.6 Å². The minimum absolute atomic E-state index is 0.464. The summed E-state index contributed by atoms with van der Waals surface area (Å²) in [7, 11) is 0. The summed E-state index contributed by atoms with van der Waals surface area (Å²) in [6, 6.07) is 11.7. The Kier molecular flexibility index (Phi) is 4.20. The molecule has 2 rings (SSSR count). The molecular formula is C13H12BrNOS. The molecule has 0 aliphatic carbocycles. The van der Waals surface area contributed by atoms with Crippen LogP contribution in [0.15, 0.2) is 57.0 Å². The van der Waals surface area contributed by atoms with Crippen LogP contribution in [-0.2, 0) is 0 Å². The highest BCUT2D eigenvalue weighted by atomic mass is 79.9. The first kappa shape index (κ1) is 12.6. The first-order chi connectivity index (χ1) is 8.16. The van der Waals surface area contributed by atoms with Crippen LogP contribution in [0.4, 0.5) is 0 Å². The second-order valence-electron chi connectivity index (χ2n) is 3.63. The van der Waals surface area contributed by atoms with E-state index in [1.54, 1.807) is 24.9 Å². The highest BCUT2D eigenvalue weighted by Crippen LogP contribution is 2.32. The Morgan fingerprint density at radius 3 is 2.65 bits per heavy atom. The Hall–Kier alpha value is -0.840. The van der Waals surface area contributed by atoms with E-state index >= 15 is 0 Å². The number of nitrogens with zero attached hydrogens (tertiary/aromatic N) is 1. The van der Waals surface area contributed by atoms with Gasteiger partial charge in [-0.2, -0.15) is 0 Å². The van der Waals surface area contributed by atoms with E-state index < -0.39 is 6.10 Å². The lowest BCUT2D eigenvalue weighted by atomic mass is 10.1. The Balaban J connectivity index is 2.26. The number of benzene rings is 1. The van der Waals surface area contributed by atoms with E-state index in [0.717, 1.165) is 20.0 Å². The zero-order valence-electron chi connectivity index (χ0n) is 9.30. The maximum Gasteiger partial charge on any atom is 0.101 e. The van der Waals surface area contributed by atoms with E-state index in [2.05, 4.69) is 20.9 Å². The van der Waals surface area contributed by atoms with Gasteiger partial charge >= 0.3 is 0 Å². The van der Waals surface area contributed by atoms with Crippen molar-refractivity contribution in [3.63, 3.8) is 0 Å². The lowest BCUT2D eigenvalue weighted by molar-refractivity contribution is 0.196. The highest BCUT2D eigenvalue weighted by Gasteiger charge is 2.08. The van der Waals surface area contributed by atoms with E-state index in [9.17, 15) is 5.11 Å². The van der Waals surface area contributed by atoms with Crippen molar-refractivity contribution in [2.45, 2.75) is 22.9 Å². The molecule has 0 unspecified atom stereocenters. The van der Waals surface area contributed by atoms with Crippen LogP contribution in [0.3, 0.4) is 0 Å². The van der Waals surface area contributed by atoms with E-state index in [0.29, 0.717) is 0 Å². The molecule has 1 N–H and O–H groups in total. The van der Waals surface area contributed by atoms with Crippen LogP contribution in [0, 0.1) is 0 Å². The fraction of sp³-hybridized carbons (Fsp3) is 0.154. The normalized spacial score (nSPS) is 12.4. The van der Waals surface area contributed by atoms with Crippen molar-refractivity contribution in [2.75, 3.05) is 0 Å². The molecule has 1 atom stereocenters. The molecule has 1 aromatic heterocycles. The molecule has 1 aromatic carbocycles. The summed E-state index contributed by atoms with van der Waals surface area (Å²) in [6.45, 7) is 1.77.